The molecule has 0 aromatic heterocycles. The second kappa shape index (κ2) is 4.27. The van der Waals surface area contributed by atoms with Crippen LogP contribution in [0.3, 0.4) is 0 Å². The highest BCUT2D eigenvalue weighted by Gasteiger charge is 2.29. The fraction of sp³-hybridized carbons (Fsp3) is 0.182. The third kappa shape index (κ3) is 2.28. The van der Waals surface area contributed by atoms with Gasteiger partial charge in [0.05, 0.1) is 15.9 Å². The molecule has 0 amide bonds. The number of Topliss-reactive ketones (excluding diaryl/α,β-unsaturated/α-hetero) is 1. The van der Waals surface area contributed by atoms with Crippen molar-refractivity contribution < 1.29 is 13.2 Å². The number of benzene rings is 1. The third-order valence-electron chi connectivity index (χ3n) is 2.45. The van der Waals surface area contributed by atoms with Gasteiger partial charge in [-0.1, -0.05) is 17.7 Å². The van der Waals surface area contributed by atoms with Crippen molar-refractivity contribution in [1.29, 1.82) is 0 Å². The Hall–Kier alpha value is -1.14. The second-order valence-electron chi connectivity index (χ2n) is 3.76. The molecule has 0 radical (unpaired) electrons. The van der Waals surface area contributed by atoms with E-state index < -0.39 is 10.0 Å². The molecule has 0 aliphatic carbocycles. The first-order chi connectivity index (χ1) is 7.91. The van der Waals surface area contributed by atoms with E-state index in [0.29, 0.717) is 0 Å². The van der Waals surface area contributed by atoms with Crippen LogP contribution in [0.1, 0.15) is 5.56 Å². The fourth-order valence-electron chi connectivity index (χ4n) is 1.46. The zero-order chi connectivity index (χ0) is 12.6. The van der Waals surface area contributed by atoms with E-state index in [-0.39, 0.29) is 21.7 Å². The van der Waals surface area contributed by atoms with Crippen molar-refractivity contribution in [1.82, 2.24) is 4.31 Å². The fourth-order valence-corrected chi connectivity index (χ4v) is 3.25. The van der Waals surface area contributed by atoms with Gasteiger partial charge in [-0.25, -0.2) is 8.42 Å². The summed E-state index contributed by atoms with van der Waals surface area (Å²) in [6.45, 7) is 1.74. The largest absolute Gasteiger partial charge is 0.291 e. The molecule has 0 bridgehead atoms. The van der Waals surface area contributed by atoms with Crippen LogP contribution in [0.4, 0.5) is 0 Å². The molecule has 0 spiro atoms. The van der Waals surface area contributed by atoms with Crippen LogP contribution in [0.15, 0.2) is 39.8 Å². The maximum atomic E-state index is 12.1. The van der Waals surface area contributed by atoms with Crippen LogP contribution in [0.25, 0.3) is 0 Å². The molecule has 1 heterocycles. The quantitative estimate of drug-likeness (QED) is 0.836. The number of nitrogens with zero attached hydrogens (tertiary/aromatic N) is 1. The zero-order valence-corrected chi connectivity index (χ0v) is 11.5. The molecule has 2 rings (SSSR count). The predicted molar refractivity (Wildman–Crippen MR) is 67.1 cm³/mol. The topological polar surface area (TPSA) is 54.5 Å². The maximum Gasteiger partial charge on any atom is 0.264 e. The van der Waals surface area contributed by atoms with Crippen molar-refractivity contribution in [2.75, 3.05) is 6.54 Å². The van der Waals surface area contributed by atoms with Gasteiger partial charge in [-0.3, -0.25) is 9.10 Å². The van der Waals surface area contributed by atoms with Crippen LogP contribution in [0, 0.1) is 6.92 Å². The average molecular weight is 316 g/mol. The van der Waals surface area contributed by atoms with Gasteiger partial charge in [-0.05, 0) is 35.0 Å². The minimum atomic E-state index is -3.62. The molecule has 0 N–H and O–H groups in total. The Bertz CT molecular complexity index is 590. The Balaban J connectivity index is 2.38. The monoisotopic (exact) mass is 315 g/mol. The molecule has 17 heavy (non-hydrogen) atoms. The Morgan fingerprint density at radius 2 is 1.82 bits per heavy atom. The summed E-state index contributed by atoms with van der Waals surface area (Å²) in [5.41, 5.74) is 0.984. The summed E-state index contributed by atoms with van der Waals surface area (Å²) in [5.74, 6) is -0.235. The first-order valence-electron chi connectivity index (χ1n) is 4.90. The Labute approximate surface area is 108 Å². The minimum absolute atomic E-state index is 0.142. The number of hydrogen-bond donors (Lipinski definition) is 0. The van der Waals surface area contributed by atoms with Crippen LogP contribution in [-0.2, 0) is 14.8 Å². The lowest BCUT2D eigenvalue weighted by atomic mass is 10.2. The third-order valence-corrected chi connectivity index (χ3v) is 4.82. The highest BCUT2D eigenvalue weighted by atomic mass is 79.9. The van der Waals surface area contributed by atoms with Gasteiger partial charge < -0.3 is 0 Å². The molecule has 0 unspecified atom stereocenters. The first-order valence-corrected chi connectivity index (χ1v) is 7.13. The van der Waals surface area contributed by atoms with E-state index in [0.717, 1.165) is 9.87 Å². The number of rotatable bonds is 2. The maximum absolute atomic E-state index is 12.1. The lowest BCUT2D eigenvalue weighted by Crippen LogP contribution is -2.26. The molecule has 0 saturated carbocycles. The molecule has 1 aromatic carbocycles. The van der Waals surface area contributed by atoms with Gasteiger partial charge in [0, 0.05) is 6.20 Å². The second-order valence-corrected chi connectivity index (χ2v) is 6.51. The van der Waals surface area contributed by atoms with Crippen molar-refractivity contribution in [2.24, 2.45) is 0 Å². The van der Waals surface area contributed by atoms with Crippen LogP contribution in [0.2, 0.25) is 0 Å². The van der Waals surface area contributed by atoms with Crippen LogP contribution in [-0.4, -0.2) is 25.1 Å². The van der Waals surface area contributed by atoms with Crippen LogP contribution in [0.5, 0.6) is 0 Å². The Kier molecular flexibility index (Phi) is 3.09. The molecular formula is C11H10BrNO3S. The molecule has 0 fully saturated rings. The average Bonchev–Trinajstić information content (AvgIpc) is 2.60. The molecule has 1 aliphatic heterocycles. The molecular weight excluding hydrogens is 306 g/mol. The zero-order valence-electron chi connectivity index (χ0n) is 9.05. The lowest BCUT2D eigenvalue weighted by Gasteiger charge is -2.14. The van der Waals surface area contributed by atoms with Crippen LogP contribution < -0.4 is 0 Å². The summed E-state index contributed by atoms with van der Waals surface area (Å²) in [4.78, 5) is 11.5. The van der Waals surface area contributed by atoms with Gasteiger partial charge in [0.15, 0.2) is 5.78 Å². The van der Waals surface area contributed by atoms with Gasteiger partial charge in [-0.15, -0.1) is 0 Å². The van der Waals surface area contributed by atoms with E-state index in [4.69, 9.17) is 0 Å². The van der Waals surface area contributed by atoms with Crippen molar-refractivity contribution >= 4 is 31.7 Å². The summed E-state index contributed by atoms with van der Waals surface area (Å²) in [6.07, 6.45) is 1.30. The smallest absolute Gasteiger partial charge is 0.264 e. The van der Waals surface area contributed by atoms with E-state index in [2.05, 4.69) is 15.9 Å². The molecule has 4 nitrogen and oxygen atoms in total. The van der Waals surface area contributed by atoms with E-state index in [9.17, 15) is 13.2 Å². The molecule has 0 saturated heterocycles. The summed E-state index contributed by atoms with van der Waals surface area (Å²) in [6, 6.07) is 6.53. The van der Waals surface area contributed by atoms with E-state index in [1.807, 2.05) is 6.92 Å². The SMILES string of the molecule is Cc1ccc(S(=O)(=O)N2C=C(Br)C(=O)C2)cc1. The molecule has 1 aliphatic rings. The first kappa shape index (κ1) is 12.3. The highest BCUT2D eigenvalue weighted by Crippen LogP contribution is 2.24. The summed E-state index contributed by atoms with van der Waals surface area (Å²) >= 11 is 3.03. The number of ketones is 1. The summed E-state index contributed by atoms with van der Waals surface area (Å²) in [7, 11) is -3.62. The van der Waals surface area contributed by atoms with E-state index in [1.165, 1.54) is 18.3 Å². The van der Waals surface area contributed by atoms with Crippen molar-refractivity contribution in [3.05, 3.63) is 40.5 Å². The Morgan fingerprint density at radius 3 is 2.29 bits per heavy atom. The van der Waals surface area contributed by atoms with E-state index >= 15 is 0 Å². The standard InChI is InChI=1S/C11H10BrNO3S/c1-8-2-4-9(5-3-8)17(15,16)13-6-10(12)11(14)7-13/h2-6H,7H2,1H3. The van der Waals surface area contributed by atoms with Gasteiger partial charge in [-0.2, -0.15) is 0 Å². The van der Waals surface area contributed by atoms with Gasteiger partial charge in [0.1, 0.15) is 0 Å². The van der Waals surface area contributed by atoms with Crippen molar-refractivity contribution in [2.45, 2.75) is 11.8 Å². The van der Waals surface area contributed by atoms with Crippen molar-refractivity contribution in [3.63, 3.8) is 0 Å². The van der Waals surface area contributed by atoms with Gasteiger partial charge in [0.25, 0.3) is 10.0 Å². The number of hydrogen-bond acceptors (Lipinski definition) is 3. The summed E-state index contributed by atoms with van der Waals surface area (Å²) < 4.78 is 25.6. The number of carbonyl (C=O) groups is 1. The van der Waals surface area contributed by atoms with Crippen LogP contribution >= 0.6 is 15.9 Å². The summed E-state index contributed by atoms with van der Waals surface area (Å²) in [5, 5.41) is 0. The number of carbonyl (C=O) groups excluding carboxylic acids is 1. The van der Waals surface area contributed by atoms with E-state index in [1.54, 1.807) is 12.1 Å². The van der Waals surface area contributed by atoms with Gasteiger partial charge >= 0.3 is 0 Å². The van der Waals surface area contributed by atoms with Crippen molar-refractivity contribution in [3.8, 4) is 0 Å². The van der Waals surface area contributed by atoms with Gasteiger partial charge in [0.2, 0.25) is 0 Å². The predicted octanol–water partition coefficient (Wildman–Crippen LogP) is 1.80. The highest BCUT2D eigenvalue weighted by molar-refractivity contribution is 9.12. The number of sulfonamides is 1. The number of halogens is 1. The lowest BCUT2D eigenvalue weighted by molar-refractivity contribution is -0.113. The minimum Gasteiger partial charge on any atom is -0.291 e. The molecule has 1 aromatic rings. The number of aryl methyl sites for hydroxylation is 1. The Morgan fingerprint density at radius 1 is 1.24 bits per heavy atom. The molecule has 90 valence electrons. The normalized spacial score (nSPS) is 16.2. The molecule has 0 atom stereocenters. The molecule has 6 heteroatoms.